The van der Waals surface area contributed by atoms with Crippen molar-refractivity contribution >= 4 is 13.0 Å². The standard InChI is InChI=1S/C28H37BN4O3/c1-28(2,3)26(32-18-23(20-34)33(29(4)36)16-15-25(32)35)27-30-24(22-13-9-6-10-14-22)19-31(27)17-21-11-7-5-8-12-21/h5-14,19,23,26,34,36H,15-18,20H2,1-4H3/t23-,26-/m0/s1. The van der Waals surface area contributed by atoms with Crippen LogP contribution in [0.1, 0.15) is 44.6 Å². The summed E-state index contributed by atoms with van der Waals surface area (Å²) in [6.45, 7) is 9.28. The molecule has 0 radical (unpaired) electrons. The highest BCUT2D eigenvalue weighted by molar-refractivity contribution is 6.45. The van der Waals surface area contributed by atoms with Crippen molar-refractivity contribution in [1.29, 1.82) is 0 Å². The molecule has 3 aromatic rings. The third-order valence-corrected chi connectivity index (χ3v) is 6.92. The van der Waals surface area contributed by atoms with Crippen LogP contribution in [-0.2, 0) is 11.3 Å². The second-order valence-corrected chi connectivity index (χ2v) is 10.7. The van der Waals surface area contributed by atoms with Gasteiger partial charge in [0.2, 0.25) is 5.91 Å². The molecule has 2 aromatic carbocycles. The molecule has 1 fully saturated rings. The minimum absolute atomic E-state index is 0.00653. The molecular formula is C28H37BN4O3. The highest BCUT2D eigenvalue weighted by Crippen LogP contribution is 2.40. The molecule has 2 N–H and O–H groups in total. The van der Waals surface area contributed by atoms with Gasteiger partial charge in [-0.15, -0.1) is 0 Å². The first-order chi connectivity index (χ1) is 17.2. The number of aliphatic hydroxyl groups is 1. The van der Waals surface area contributed by atoms with Crippen LogP contribution in [0.5, 0.6) is 0 Å². The van der Waals surface area contributed by atoms with Gasteiger partial charge in [-0.2, -0.15) is 0 Å². The van der Waals surface area contributed by atoms with E-state index in [1.54, 1.807) is 6.82 Å². The van der Waals surface area contributed by atoms with Crippen molar-refractivity contribution < 1.29 is 14.9 Å². The molecule has 36 heavy (non-hydrogen) atoms. The van der Waals surface area contributed by atoms with E-state index in [2.05, 4.69) is 43.7 Å². The Balaban J connectivity index is 1.82. The summed E-state index contributed by atoms with van der Waals surface area (Å²) < 4.78 is 2.16. The molecule has 0 unspecified atom stereocenters. The van der Waals surface area contributed by atoms with Gasteiger partial charge in [-0.25, -0.2) is 4.98 Å². The largest absolute Gasteiger partial charge is 0.437 e. The van der Waals surface area contributed by atoms with Crippen LogP contribution in [0.4, 0.5) is 0 Å². The third-order valence-electron chi connectivity index (χ3n) is 6.92. The second kappa shape index (κ2) is 11.0. The SMILES string of the molecule is CB(O)N1CCC(=O)N([C@@H](c2nc(-c3ccccc3)cn2Cc2ccccc2)C(C)(C)C)C[C@H]1CO. The van der Waals surface area contributed by atoms with Gasteiger partial charge in [0.1, 0.15) is 5.82 Å². The molecule has 2 heterocycles. The predicted octanol–water partition coefficient (Wildman–Crippen LogP) is 3.69. The lowest BCUT2D eigenvalue weighted by molar-refractivity contribution is -0.136. The minimum atomic E-state index is -0.743. The van der Waals surface area contributed by atoms with E-state index in [1.807, 2.05) is 58.2 Å². The van der Waals surface area contributed by atoms with E-state index in [1.165, 1.54) is 0 Å². The molecule has 0 bridgehead atoms. The number of hydrogen-bond donors (Lipinski definition) is 2. The maximum absolute atomic E-state index is 13.6. The van der Waals surface area contributed by atoms with Crippen LogP contribution in [0, 0.1) is 5.41 Å². The first-order valence-corrected chi connectivity index (χ1v) is 12.7. The van der Waals surface area contributed by atoms with Gasteiger partial charge in [-0.3, -0.25) is 4.79 Å². The molecule has 2 atom stereocenters. The maximum atomic E-state index is 13.6. The van der Waals surface area contributed by atoms with E-state index in [0.29, 0.717) is 19.6 Å². The van der Waals surface area contributed by atoms with Crippen molar-refractivity contribution in [2.75, 3.05) is 19.7 Å². The van der Waals surface area contributed by atoms with Gasteiger partial charge in [0.25, 0.3) is 0 Å². The average Bonchev–Trinajstić information content (AvgIpc) is 3.17. The molecule has 0 aliphatic carbocycles. The summed E-state index contributed by atoms with van der Waals surface area (Å²) in [5.74, 6) is 0.827. The Kier molecular flexibility index (Phi) is 7.98. The molecule has 1 amide bonds. The van der Waals surface area contributed by atoms with E-state index in [-0.39, 0.29) is 36.4 Å². The van der Waals surface area contributed by atoms with Gasteiger partial charge in [0.05, 0.1) is 18.3 Å². The Labute approximate surface area is 214 Å². The van der Waals surface area contributed by atoms with E-state index < -0.39 is 7.05 Å². The van der Waals surface area contributed by atoms with Crippen molar-refractivity contribution in [1.82, 2.24) is 19.3 Å². The number of hydrogen-bond acceptors (Lipinski definition) is 5. The van der Waals surface area contributed by atoms with Gasteiger partial charge in [0, 0.05) is 37.3 Å². The number of imidazole rings is 1. The smallest absolute Gasteiger partial charge is 0.376 e. The van der Waals surface area contributed by atoms with Gasteiger partial charge >= 0.3 is 7.05 Å². The topological polar surface area (TPSA) is 81.8 Å². The van der Waals surface area contributed by atoms with Crippen LogP contribution in [0.15, 0.2) is 66.9 Å². The normalized spacial score (nSPS) is 18.2. The summed E-state index contributed by atoms with van der Waals surface area (Å²) in [7, 11) is -0.743. The summed E-state index contributed by atoms with van der Waals surface area (Å²) in [6, 6.07) is 19.7. The zero-order valence-electron chi connectivity index (χ0n) is 21.7. The number of benzene rings is 2. The van der Waals surface area contributed by atoms with Gasteiger partial charge < -0.3 is 24.4 Å². The number of rotatable bonds is 7. The molecular weight excluding hydrogens is 451 g/mol. The zero-order chi connectivity index (χ0) is 25.9. The fraction of sp³-hybridized carbons (Fsp3) is 0.429. The Morgan fingerprint density at radius 3 is 2.31 bits per heavy atom. The van der Waals surface area contributed by atoms with Gasteiger partial charge in [-0.1, -0.05) is 81.4 Å². The van der Waals surface area contributed by atoms with Crippen LogP contribution >= 0.6 is 0 Å². The van der Waals surface area contributed by atoms with Crippen molar-refractivity contribution in [3.05, 3.63) is 78.2 Å². The van der Waals surface area contributed by atoms with Gasteiger partial charge in [-0.05, 0) is 24.3 Å². The van der Waals surface area contributed by atoms with Crippen molar-refractivity contribution in [3.8, 4) is 11.3 Å². The molecule has 1 aliphatic heterocycles. The molecule has 4 rings (SSSR count). The highest BCUT2D eigenvalue weighted by Gasteiger charge is 2.42. The number of nitrogens with zero attached hydrogens (tertiary/aromatic N) is 4. The molecule has 0 spiro atoms. The van der Waals surface area contributed by atoms with Crippen molar-refractivity contribution in [2.45, 2.75) is 52.6 Å². The summed E-state index contributed by atoms with van der Waals surface area (Å²) in [4.78, 5) is 22.4. The molecule has 1 aliphatic rings. The monoisotopic (exact) mass is 488 g/mol. The lowest BCUT2D eigenvalue weighted by atomic mass is 9.82. The number of aromatic nitrogens is 2. The van der Waals surface area contributed by atoms with Crippen LogP contribution in [0.3, 0.4) is 0 Å². The number of amides is 1. The number of carbonyl (C=O) groups excluding carboxylic acids is 1. The summed E-state index contributed by atoms with van der Waals surface area (Å²) in [5, 5.41) is 20.5. The lowest BCUT2D eigenvalue weighted by Gasteiger charge is -2.41. The molecule has 7 nitrogen and oxygen atoms in total. The first kappa shape index (κ1) is 26.1. The Morgan fingerprint density at radius 2 is 1.72 bits per heavy atom. The first-order valence-electron chi connectivity index (χ1n) is 12.7. The van der Waals surface area contributed by atoms with E-state index in [4.69, 9.17) is 4.98 Å². The van der Waals surface area contributed by atoms with Crippen LogP contribution < -0.4 is 0 Å². The van der Waals surface area contributed by atoms with Crippen molar-refractivity contribution in [3.63, 3.8) is 0 Å². The Hall–Kier alpha value is -2.94. The summed E-state index contributed by atoms with van der Waals surface area (Å²) in [5.41, 5.74) is 2.71. The zero-order valence-corrected chi connectivity index (χ0v) is 21.7. The molecule has 1 aromatic heterocycles. The average molecular weight is 488 g/mol. The fourth-order valence-corrected chi connectivity index (χ4v) is 5.19. The fourth-order valence-electron chi connectivity index (χ4n) is 5.19. The highest BCUT2D eigenvalue weighted by atomic mass is 16.3. The predicted molar refractivity (Wildman–Crippen MR) is 143 cm³/mol. The second-order valence-electron chi connectivity index (χ2n) is 10.7. The summed E-state index contributed by atoms with van der Waals surface area (Å²) in [6.07, 6.45) is 2.35. The van der Waals surface area contributed by atoms with Crippen LogP contribution in [-0.4, -0.2) is 68.1 Å². The minimum Gasteiger partial charge on any atom is -0.437 e. The van der Waals surface area contributed by atoms with Crippen LogP contribution in [0.25, 0.3) is 11.3 Å². The number of aliphatic hydroxyl groups excluding tert-OH is 1. The van der Waals surface area contributed by atoms with Gasteiger partial charge in [0.15, 0.2) is 0 Å². The van der Waals surface area contributed by atoms with E-state index >= 15 is 0 Å². The molecule has 0 saturated carbocycles. The third kappa shape index (κ3) is 5.72. The lowest BCUT2D eigenvalue weighted by Crippen LogP contribution is -2.51. The quantitative estimate of drug-likeness (QED) is 0.496. The summed E-state index contributed by atoms with van der Waals surface area (Å²) >= 11 is 0. The number of carbonyl (C=O) groups is 1. The van der Waals surface area contributed by atoms with Crippen LogP contribution in [0.2, 0.25) is 6.82 Å². The Morgan fingerprint density at radius 1 is 1.08 bits per heavy atom. The van der Waals surface area contributed by atoms with Crippen molar-refractivity contribution in [2.24, 2.45) is 5.41 Å². The Bertz CT molecular complexity index is 1140. The maximum Gasteiger partial charge on any atom is 0.376 e. The molecule has 190 valence electrons. The van der Waals surface area contributed by atoms with E-state index in [9.17, 15) is 14.9 Å². The molecule has 1 saturated heterocycles. The molecule has 8 heteroatoms. The van der Waals surface area contributed by atoms with E-state index in [0.717, 1.165) is 22.6 Å².